The number of hydrogen-bond donors (Lipinski definition) is 1. The molecule has 4 rings (SSSR count). The Bertz CT molecular complexity index is 1180. The van der Waals surface area contributed by atoms with E-state index in [-0.39, 0.29) is 30.9 Å². The number of nitrogens with zero attached hydrogens (tertiary/aromatic N) is 1. The van der Waals surface area contributed by atoms with E-state index in [1.54, 1.807) is 25.1 Å². The molecule has 200 valence electrons. The smallest absolute Gasteiger partial charge is 0.307 e. The Morgan fingerprint density at radius 1 is 1.16 bits per heavy atom. The number of carboxylic acids is 1. The van der Waals surface area contributed by atoms with Crippen LogP contribution < -0.4 is 4.74 Å². The summed E-state index contributed by atoms with van der Waals surface area (Å²) >= 11 is 0. The molecule has 1 N–H and O–H groups in total. The summed E-state index contributed by atoms with van der Waals surface area (Å²) in [6.07, 6.45) is 4.22. The lowest BCUT2D eigenvalue weighted by atomic mass is 9.83. The number of hydrogen-bond acceptors (Lipinski definition) is 3. The lowest BCUT2D eigenvalue weighted by Gasteiger charge is -2.43. The van der Waals surface area contributed by atoms with Gasteiger partial charge in [0.2, 0.25) is 0 Å². The Hall–Kier alpha value is -2.80. The third-order valence-electron chi connectivity index (χ3n) is 7.77. The Labute approximate surface area is 217 Å². The van der Waals surface area contributed by atoms with Crippen molar-refractivity contribution in [3.63, 3.8) is 0 Å². The molecule has 7 heteroatoms. The number of fused-ring (bicyclic) bond motifs is 2. The number of aliphatic carboxylic acids is 1. The maximum Gasteiger partial charge on any atom is 0.307 e. The summed E-state index contributed by atoms with van der Waals surface area (Å²) in [7, 11) is 0. The van der Waals surface area contributed by atoms with Gasteiger partial charge in [-0.2, -0.15) is 0 Å². The van der Waals surface area contributed by atoms with Crippen LogP contribution in [0.2, 0.25) is 0 Å². The van der Waals surface area contributed by atoms with Crippen molar-refractivity contribution >= 4 is 11.5 Å². The van der Waals surface area contributed by atoms with Crippen molar-refractivity contribution in [3.05, 3.63) is 69.8 Å². The van der Waals surface area contributed by atoms with Crippen LogP contribution in [0.3, 0.4) is 0 Å². The Morgan fingerprint density at radius 3 is 2.65 bits per heavy atom. The van der Waals surface area contributed by atoms with Crippen LogP contribution in [0.5, 0.6) is 5.75 Å². The zero-order valence-corrected chi connectivity index (χ0v) is 21.8. The summed E-state index contributed by atoms with van der Waals surface area (Å²) in [6, 6.07) is 7.31. The molecule has 0 bridgehead atoms. The van der Waals surface area contributed by atoms with Gasteiger partial charge in [0.15, 0.2) is 0 Å². The number of rotatable bonds is 11. The average Bonchev–Trinajstić information content (AvgIpc) is 3.21. The number of alkyl halides is 1. The zero-order chi connectivity index (χ0) is 26.7. The first-order chi connectivity index (χ1) is 17.7. The van der Waals surface area contributed by atoms with Crippen LogP contribution in [0.1, 0.15) is 74.2 Å². The number of ether oxygens (including phenoxy) is 1. The number of carbonyl (C=O) groups is 1. The topological polar surface area (TPSA) is 49.8 Å². The van der Waals surface area contributed by atoms with Gasteiger partial charge in [0.05, 0.1) is 25.2 Å². The van der Waals surface area contributed by atoms with Crippen molar-refractivity contribution < 1.29 is 27.8 Å². The number of carboxylic acid groups (broad SMARTS) is 1. The SMILES string of the molecule is Cc1c(OCCCCCCF)ccc(F)c1[C@@H]1C2=C(C[C@@H](C)N1C[C@H](C)C(=O)O)c1cc(F)ccc1C2. The molecular formula is C30H36F3NO3. The van der Waals surface area contributed by atoms with Crippen molar-refractivity contribution in [3.8, 4) is 5.75 Å². The Balaban J connectivity index is 1.73. The highest BCUT2D eigenvalue weighted by Crippen LogP contribution is 2.50. The fourth-order valence-corrected chi connectivity index (χ4v) is 5.76. The second kappa shape index (κ2) is 11.7. The molecule has 0 amide bonds. The van der Waals surface area contributed by atoms with E-state index >= 15 is 4.39 Å². The van der Waals surface area contributed by atoms with Gasteiger partial charge in [-0.15, -0.1) is 0 Å². The molecule has 0 unspecified atom stereocenters. The maximum atomic E-state index is 15.7. The fraction of sp³-hybridized carbons (Fsp3) is 0.500. The summed E-state index contributed by atoms with van der Waals surface area (Å²) < 4.78 is 48.2. The van der Waals surface area contributed by atoms with Crippen molar-refractivity contribution in [2.24, 2.45) is 5.92 Å². The first-order valence-corrected chi connectivity index (χ1v) is 13.2. The molecule has 37 heavy (non-hydrogen) atoms. The molecule has 3 atom stereocenters. The molecule has 2 aliphatic rings. The van der Waals surface area contributed by atoms with E-state index in [0.29, 0.717) is 42.7 Å². The average molecular weight is 516 g/mol. The van der Waals surface area contributed by atoms with Gasteiger partial charge in [0.1, 0.15) is 17.4 Å². The van der Waals surface area contributed by atoms with E-state index < -0.39 is 17.9 Å². The molecule has 0 radical (unpaired) electrons. The lowest BCUT2D eigenvalue weighted by molar-refractivity contribution is -0.142. The van der Waals surface area contributed by atoms with E-state index in [1.165, 1.54) is 12.1 Å². The first-order valence-electron chi connectivity index (χ1n) is 13.2. The van der Waals surface area contributed by atoms with Gasteiger partial charge in [-0.3, -0.25) is 14.1 Å². The molecule has 1 aliphatic carbocycles. The van der Waals surface area contributed by atoms with Gasteiger partial charge in [-0.1, -0.05) is 19.4 Å². The largest absolute Gasteiger partial charge is 0.493 e. The standard InChI is InChI=1S/C30H36F3NO3/c1-18(30(35)36)17-34-19(2)14-24-23-16-22(32)9-8-21(23)15-25(24)29(34)28-20(3)27(11-10-26(28)33)37-13-7-5-4-6-12-31/h8-11,16,18-19,29H,4-7,12-15,17H2,1-3H3,(H,35,36)/t18-,19+,29-/m0/s1. The summed E-state index contributed by atoms with van der Waals surface area (Å²) in [6.45, 7) is 5.94. The predicted molar refractivity (Wildman–Crippen MR) is 138 cm³/mol. The minimum atomic E-state index is -0.899. The monoisotopic (exact) mass is 515 g/mol. The van der Waals surface area contributed by atoms with Crippen molar-refractivity contribution in [1.29, 1.82) is 0 Å². The molecule has 4 nitrogen and oxygen atoms in total. The first kappa shape index (κ1) is 27.2. The Kier molecular flexibility index (Phi) is 8.63. The maximum absolute atomic E-state index is 15.7. The quantitative estimate of drug-likeness (QED) is 0.326. The van der Waals surface area contributed by atoms with E-state index in [2.05, 4.69) is 4.90 Å². The van der Waals surface area contributed by atoms with Crippen LogP contribution in [0, 0.1) is 24.5 Å². The molecule has 2 aromatic carbocycles. The minimum Gasteiger partial charge on any atom is -0.493 e. The summed E-state index contributed by atoms with van der Waals surface area (Å²) in [5, 5.41) is 9.65. The third-order valence-corrected chi connectivity index (χ3v) is 7.77. The second-order valence-corrected chi connectivity index (χ2v) is 10.4. The van der Waals surface area contributed by atoms with E-state index in [4.69, 9.17) is 4.74 Å². The predicted octanol–water partition coefficient (Wildman–Crippen LogP) is 7.05. The second-order valence-electron chi connectivity index (χ2n) is 10.4. The third kappa shape index (κ3) is 5.71. The van der Waals surface area contributed by atoms with E-state index in [1.807, 2.05) is 13.8 Å². The lowest BCUT2D eigenvalue weighted by Crippen LogP contribution is -2.44. The molecule has 0 fully saturated rings. The molecule has 0 spiro atoms. The normalized spacial score (nSPS) is 20.1. The molecule has 2 aromatic rings. The van der Waals surface area contributed by atoms with Crippen molar-refractivity contribution in [1.82, 2.24) is 4.90 Å². The number of halogens is 3. The van der Waals surface area contributed by atoms with Crippen LogP contribution in [0.15, 0.2) is 35.9 Å². The van der Waals surface area contributed by atoms with E-state index in [0.717, 1.165) is 41.5 Å². The van der Waals surface area contributed by atoms with Crippen LogP contribution in [0.4, 0.5) is 13.2 Å². The van der Waals surface area contributed by atoms with Crippen LogP contribution in [0.25, 0.3) is 5.57 Å². The zero-order valence-electron chi connectivity index (χ0n) is 21.8. The van der Waals surface area contributed by atoms with Gasteiger partial charge in [0.25, 0.3) is 0 Å². The molecular weight excluding hydrogens is 479 g/mol. The summed E-state index contributed by atoms with van der Waals surface area (Å²) in [5.41, 5.74) is 5.09. The van der Waals surface area contributed by atoms with Gasteiger partial charge in [0, 0.05) is 18.2 Å². The van der Waals surface area contributed by atoms with Gasteiger partial charge < -0.3 is 9.84 Å². The summed E-state index contributed by atoms with van der Waals surface area (Å²) in [4.78, 5) is 13.9. The fourth-order valence-electron chi connectivity index (χ4n) is 5.76. The van der Waals surface area contributed by atoms with Gasteiger partial charge >= 0.3 is 5.97 Å². The van der Waals surface area contributed by atoms with Crippen molar-refractivity contribution in [2.75, 3.05) is 19.8 Å². The number of unbranched alkanes of at least 4 members (excludes halogenated alkanes) is 3. The van der Waals surface area contributed by atoms with Crippen LogP contribution in [-0.4, -0.2) is 41.8 Å². The minimum absolute atomic E-state index is 0.0707. The molecule has 1 heterocycles. The number of benzene rings is 2. The molecule has 0 saturated heterocycles. The molecule has 0 saturated carbocycles. The van der Waals surface area contributed by atoms with Crippen molar-refractivity contribution in [2.45, 2.75) is 71.4 Å². The Morgan fingerprint density at radius 2 is 1.92 bits per heavy atom. The molecule has 1 aliphatic heterocycles. The van der Waals surface area contributed by atoms with Crippen LogP contribution in [-0.2, 0) is 11.2 Å². The van der Waals surface area contributed by atoms with Gasteiger partial charge in [-0.25, -0.2) is 8.78 Å². The summed E-state index contributed by atoms with van der Waals surface area (Å²) in [5.74, 6) is -1.61. The molecule has 0 aromatic heterocycles. The highest BCUT2D eigenvalue weighted by atomic mass is 19.1. The van der Waals surface area contributed by atoms with Crippen LogP contribution >= 0.6 is 0 Å². The van der Waals surface area contributed by atoms with E-state index in [9.17, 15) is 18.7 Å². The highest BCUT2D eigenvalue weighted by molar-refractivity contribution is 5.79. The highest BCUT2D eigenvalue weighted by Gasteiger charge is 2.41. The van der Waals surface area contributed by atoms with Gasteiger partial charge in [-0.05, 0) is 98.1 Å².